The van der Waals surface area contributed by atoms with Gasteiger partial charge >= 0.3 is 0 Å². The first kappa shape index (κ1) is 13.9. The molecule has 0 spiro atoms. The third-order valence-corrected chi connectivity index (χ3v) is 6.00. The molecule has 0 fully saturated rings. The second kappa shape index (κ2) is 5.09. The molecule has 0 aliphatic heterocycles. The van der Waals surface area contributed by atoms with Crippen molar-refractivity contribution in [2.75, 3.05) is 0 Å². The first-order chi connectivity index (χ1) is 12.9. The van der Waals surface area contributed by atoms with Gasteiger partial charge in [0.1, 0.15) is 12.1 Å². The predicted molar refractivity (Wildman–Crippen MR) is 107 cm³/mol. The molecule has 0 saturated heterocycles. The second-order valence-electron chi connectivity index (χ2n) is 6.21. The Kier molecular flexibility index (Phi) is 2.73. The second-order valence-corrected chi connectivity index (χ2v) is 7.27. The predicted octanol–water partition coefficient (Wildman–Crippen LogP) is 5.34. The maximum atomic E-state index is 4.83. The Labute approximate surface area is 152 Å². The van der Waals surface area contributed by atoms with Gasteiger partial charge in [0.15, 0.2) is 0 Å². The Hall–Kier alpha value is -3.31. The van der Waals surface area contributed by atoms with Gasteiger partial charge in [0.2, 0.25) is 0 Å². The first-order valence-corrected chi connectivity index (χ1v) is 9.19. The Morgan fingerprint density at radius 2 is 1.65 bits per heavy atom. The van der Waals surface area contributed by atoms with Gasteiger partial charge in [0.25, 0.3) is 0 Å². The molecule has 0 amide bonds. The highest BCUT2D eigenvalue weighted by atomic mass is 32.1. The van der Waals surface area contributed by atoms with Crippen LogP contribution in [-0.2, 0) is 0 Å². The van der Waals surface area contributed by atoms with E-state index in [-0.39, 0.29) is 0 Å². The van der Waals surface area contributed by atoms with E-state index in [2.05, 4.69) is 63.1 Å². The van der Waals surface area contributed by atoms with Crippen LogP contribution in [0.3, 0.4) is 0 Å². The fourth-order valence-corrected chi connectivity index (χ4v) is 4.96. The zero-order valence-corrected chi connectivity index (χ0v) is 14.4. The maximum absolute atomic E-state index is 4.83. The number of aromatic nitrogens is 4. The largest absolute Gasteiger partial charge is 0.292 e. The monoisotopic (exact) mass is 352 g/mol. The Balaban J connectivity index is 1.89. The van der Waals surface area contributed by atoms with Crippen LogP contribution < -0.4 is 0 Å². The molecule has 0 N–H and O–H groups in total. The van der Waals surface area contributed by atoms with Crippen LogP contribution in [-0.4, -0.2) is 19.5 Å². The van der Waals surface area contributed by atoms with Gasteiger partial charge in [-0.25, -0.2) is 9.97 Å². The van der Waals surface area contributed by atoms with Crippen molar-refractivity contribution < 1.29 is 0 Å². The normalized spacial score (nSPS) is 11.8. The minimum absolute atomic E-state index is 0.855. The number of thiophene rings is 1. The molecule has 26 heavy (non-hydrogen) atoms. The highest BCUT2D eigenvalue weighted by molar-refractivity contribution is 7.26. The fraction of sp³-hybridized carbons (Fsp3) is 0. The van der Waals surface area contributed by atoms with Gasteiger partial charge in [-0.15, -0.1) is 11.3 Å². The molecule has 0 atom stereocenters. The van der Waals surface area contributed by atoms with Crippen molar-refractivity contribution in [3.05, 3.63) is 73.3 Å². The molecular formula is C21H12N4S. The van der Waals surface area contributed by atoms with Crippen molar-refractivity contribution in [3.63, 3.8) is 0 Å². The topological polar surface area (TPSA) is 43.6 Å². The Bertz CT molecular complexity index is 1430. The summed E-state index contributed by atoms with van der Waals surface area (Å²) in [6, 6.07) is 18.9. The van der Waals surface area contributed by atoms with Gasteiger partial charge in [0.05, 0.1) is 27.4 Å². The van der Waals surface area contributed by atoms with E-state index in [0.29, 0.717) is 0 Å². The molecular weight excluding hydrogens is 340 g/mol. The van der Waals surface area contributed by atoms with Crippen LogP contribution in [0.25, 0.3) is 47.9 Å². The standard InChI is InChI=1S/C21H12N4S/c1-3-7-15-13(5-1)19-16(25(15)18-9-10-22-12-24-18)11-23-20-14-6-2-4-8-17(14)26-21(19)20/h1-12H. The van der Waals surface area contributed by atoms with E-state index in [1.165, 1.54) is 25.6 Å². The SMILES string of the molecule is c1ccc2c(c1)sc1c2ncc2c1c1ccccc1n2-c1ccncn1. The summed E-state index contributed by atoms with van der Waals surface area (Å²) in [6.07, 6.45) is 5.33. The third kappa shape index (κ3) is 1.75. The fourth-order valence-electron chi connectivity index (χ4n) is 3.74. The molecule has 0 radical (unpaired) electrons. The number of fused-ring (bicyclic) bond motifs is 7. The first-order valence-electron chi connectivity index (χ1n) is 8.37. The molecule has 6 rings (SSSR count). The number of hydrogen-bond acceptors (Lipinski definition) is 4. The van der Waals surface area contributed by atoms with Gasteiger partial charge in [-0.2, -0.15) is 0 Å². The zero-order chi connectivity index (χ0) is 17.1. The van der Waals surface area contributed by atoms with Crippen molar-refractivity contribution >= 4 is 53.4 Å². The number of hydrogen-bond donors (Lipinski definition) is 0. The molecule has 4 aromatic heterocycles. The summed E-state index contributed by atoms with van der Waals surface area (Å²) >= 11 is 1.81. The van der Waals surface area contributed by atoms with Gasteiger partial charge in [-0.1, -0.05) is 36.4 Å². The van der Waals surface area contributed by atoms with Crippen LogP contribution in [0, 0.1) is 0 Å². The summed E-state index contributed by atoms with van der Waals surface area (Å²) in [6.45, 7) is 0. The lowest BCUT2D eigenvalue weighted by Crippen LogP contribution is -1.97. The minimum Gasteiger partial charge on any atom is -0.292 e. The molecule has 2 aromatic carbocycles. The van der Waals surface area contributed by atoms with E-state index >= 15 is 0 Å². The lowest BCUT2D eigenvalue weighted by molar-refractivity contribution is 1.04. The van der Waals surface area contributed by atoms with Gasteiger partial charge in [0, 0.05) is 27.1 Å². The number of pyridine rings is 1. The lowest BCUT2D eigenvalue weighted by Gasteiger charge is -2.05. The van der Waals surface area contributed by atoms with Crippen LogP contribution in [0.2, 0.25) is 0 Å². The Morgan fingerprint density at radius 3 is 2.54 bits per heavy atom. The van der Waals surface area contributed by atoms with Crippen molar-refractivity contribution in [2.24, 2.45) is 0 Å². The molecule has 0 bridgehead atoms. The highest BCUT2D eigenvalue weighted by Crippen LogP contribution is 2.41. The average molecular weight is 352 g/mol. The Morgan fingerprint density at radius 1 is 0.808 bits per heavy atom. The summed E-state index contributed by atoms with van der Waals surface area (Å²) in [5.41, 5.74) is 3.28. The average Bonchev–Trinajstić information content (AvgIpc) is 3.24. The zero-order valence-electron chi connectivity index (χ0n) is 13.6. The lowest BCUT2D eigenvalue weighted by atomic mass is 10.1. The molecule has 0 aliphatic carbocycles. The van der Waals surface area contributed by atoms with Crippen LogP contribution in [0.5, 0.6) is 0 Å². The molecule has 4 heterocycles. The van der Waals surface area contributed by atoms with E-state index in [0.717, 1.165) is 22.4 Å². The van der Waals surface area contributed by atoms with Crippen LogP contribution in [0.1, 0.15) is 0 Å². The summed E-state index contributed by atoms with van der Waals surface area (Å²) in [7, 11) is 0. The third-order valence-electron chi connectivity index (χ3n) is 4.82. The van der Waals surface area contributed by atoms with E-state index < -0.39 is 0 Å². The van der Waals surface area contributed by atoms with Gasteiger partial charge < -0.3 is 0 Å². The van der Waals surface area contributed by atoms with E-state index in [1.807, 2.05) is 12.3 Å². The molecule has 122 valence electrons. The maximum Gasteiger partial charge on any atom is 0.141 e. The smallest absolute Gasteiger partial charge is 0.141 e. The molecule has 0 saturated carbocycles. The van der Waals surface area contributed by atoms with Gasteiger partial charge in [-0.05, 0) is 18.2 Å². The van der Waals surface area contributed by atoms with Crippen molar-refractivity contribution in [2.45, 2.75) is 0 Å². The molecule has 0 unspecified atom stereocenters. The number of nitrogens with zero attached hydrogens (tertiary/aromatic N) is 4. The molecule has 4 nitrogen and oxygen atoms in total. The number of para-hydroxylation sites is 1. The molecule has 5 heteroatoms. The van der Waals surface area contributed by atoms with Crippen molar-refractivity contribution in [3.8, 4) is 5.82 Å². The molecule has 0 aliphatic rings. The summed E-state index contributed by atoms with van der Waals surface area (Å²) in [4.78, 5) is 13.4. The summed E-state index contributed by atoms with van der Waals surface area (Å²) < 4.78 is 4.66. The van der Waals surface area contributed by atoms with Crippen molar-refractivity contribution in [1.82, 2.24) is 19.5 Å². The summed E-state index contributed by atoms with van der Waals surface area (Å²) in [5.74, 6) is 0.855. The highest BCUT2D eigenvalue weighted by Gasteiger charge is 2.18. The molecule has 6 aromatic rings. The van der Waals surface area contributed by atoms with E-state index in [9.17, 15) is 0 Å². The van der Waals surface area contributed by atoms with Crippen LogP contribution in [0.4, 0.5) is 0 Å². The summed E-state index contributed by atoms with van der Waals surface area (Å²) in [5, 5.41) is 3.68. The van der Waals surface area contributed by atoms with Crippen molar-refractivity contribution in [1.29, 1.82) is 0 Å². The number of rotatable bonds is 1. The minimum atomic E-state index is 0.855. The van der Waals surface area contributed by atoms with E-state index in [1.54, 1.807) is 23.9 Å². The van der Waals surface area contributed by atoms with Crippen LogP contribution >= 0.6 is 11.3 Å². The number of benzene rings is 2. The van der Waals surface area contributed by atoms with E-state index in [4.69, 9.17) is 4.98 Å². The van der Waals surface area contributed by atoms with Crippen LogP contribution in [0.15, 0.2) is 73.3 Å². The quantitative estimate of drug-likeness (QED) is 0.401. The van der Waals surface area contributed by atoms with Gasteiger partial charge in [-0.3, -0.25) is 9.55 Å².